The molecule has 1 aromatic rings. The lowest BCUT2D eigenvalue weighted by Crippen LogP contribution is -2.47. The number of nitrogens with two attached hydrogens (primary N) is 1. The van der Waals surface area contributed by atoms with Crippen molar-refractivity contribution in [2.45, 2.75) is 45.6 Å². The summed E-state index contributed by atoms with van der Waals surface area (Å²) in [6.07, 6.45) is 3.28. The third-order valence-electron chi connectivity index (χ3n) is 5.02. The number of benzene rings is 1. The van der Waals surface area contributed by atoms with Crippen molar-refractivity contribution in [2.75, 3.05) is 25.5 Å². The van der Waals surface area contributed by atoms with Crippen molar-refractivity contribution in [3.8, 4) is 5.75 Å². The van der Waals surface area contributed by atoms with E-state index < -0.39 is 0 Å². The van der Waals surface area contributed by atoms with E-state index in [2.05, 4.69) is 10.2 Å². The van der Waals surface area contributed by atoms with Gasteiger partial charge in [0.1, 0.15) is 5.75 Å². The number of piperidine rings is 1. The fraction of sp³-hybridized carbons (Fsp3) is 0.579. The maximum atomic E-state index is 12.7. The zero-order valence-electron chi connectivity index (χ0n) is 15.7. The molecule has 0 aromatic heterocycles. The van der Waals surface area contributed by atoms with Crippen LogP contribution in [0.25, 0.3) is 0 Å². The molecule has 3 N–H and O–H groups in total. The number of carbonyl (C=O) groups excluding carboxylic acids is 2. The van der Waals surface area contributed by atoms with Gasteiger partial charge in [-0.15, -0.1) is 0 Å². The van der Waals surface area contributed by atoms with Crippen molar-refractivity contribution in [1.82, 2.24) is 4.90 Å². The van der Waals surface area contributed by atoms with Crippen molar-refractivity contribution < 1.29 is 14.3 Å². The number of nitrogens with zero attached hydrogens (tertiary/aromatic N) is 1. The first-order valence-electron chi connectivity index (χ1n) is 8.99. The maximum absolute atomic E-state index is 12.7. The average Bonchev–Trinajstić information content (AvgIpc) is 2.62. The van der Waals surface area contributed by atoms with Gasteiger partial charge in [0.2, 0.25) is 11.8 Å². The predicted octanol–water partition coefficient (Wildman–Crippen LogP) is 2.96. The van der Waals surface area contributed by atoms with E-state index >= 15 is 0 Å². The van der Waals surface area contributed by atoms with Crippen LogP contribution in [0.3, 0.4) is 0 Å². The normalized spacial score (nSPS) is 19.0. The number of halogens is 1. The number of aryl methyl sites for hydroxylation is 1. The van der Waals surface area contributed by atoms with Crippen LogP contribution in [0.4, 0.5) is 5.69 Å². The number of amides is 2. The van der Waals surface area contributed by atoms with E-state index in [-0.39, 0.29) is 17.9 Å². The summed E-state index contributed by atoms with van der Waals surface area (Å²) in [5, 5.41) is 3.55. The molecular formula is C19H28ClN3O3. The molecule has 1 aliphatic rings. The molecule has 2 unspecified atom stereocenters. The summed E-state index contributed by atoms with van der Waals surface area (Å²) in [4.78, 5) is 25.9. The maximum Gasteiger partial charge on any atom is 0.241 e. The van der Waals surface area contributed by atoms with Crippen LogP contribution in [0, 0.1) is 12.8 Å². The standard InChI is InChI=1S/C19H28ClN3O3/c1-12-9-16(17(26-3)10-15(12)20)22-19(25)13(2)23-8-4-5-14(11-23)6-7-18(21)24/h9-10,13-14H,4-8,11H2,1-3H3,(H2,21,24)(H,22,25). The molecule has 2 rings (SSSR count). The Kier molecular flexibility index (Phi) is 7.29. The summed E-state index contributed by atoms with van der Waals surface area (Å²) < 4.78 is 5.32. The number of hydrogen-bond acceptors (Lipinski definition) is 4. The van der Waals surface area contributed by atoms with E-state index in [0.717, 1.165) is 37.9 Å². The summed E-state index contributed by atoms with van der Waals surface area (Å²) >= 11 is 6.12. The monoisotopic (exact) mass is 381 g/mol. The zero-order chi connectivity index (χ0) is 19.3. The second-order valence-corrected chi connectivity index (χ2v) is 7.38. The van der Waals surface area contributed by atoms with Gasteiger partial charge < -0.3 is 15.8 Å². The fourth-order valence-electron chi connectivity index (χ4n) is 3.36. The number of hydrogen-bond donors (Lipinski definition) is 2. The van der Waals surface area contributed by atoms with Crippen LogP contribution < -0.4 is 15.8 Å². The molecular weight excluding hydrogens is 354 g/mol. The lowest BCUT2D eigenvalue weighted by atomic mass is 9.92. The van der Waals surface area contributed by atoms with Gasteiger partial charge in [0.15, 0.2) is 0 Å². The zero-order valence-corrected chi connectivity index (χ0v) is 16.4. The first-order valence-corrected chi connectivity index (χ1v) is 9.37. The predicted molar refractivity (Wildman–Crippen MR) is 104 cm³/mol. The smallest absolute Gasteiger partial charge is 0.241 e. The summed E-state index contributed by atoms with van der Waals surface area (Å²) in [6, 6.07) is 3.25. The van der Waals surface area contributed by atoms with Gasteiger partial charge in [-0.1, -0.05) is 11.6 Å². The highest BCUT2D eigenvalue weighted by molar-refractivity contribution is 6.31. The minimum atomic E-state index is -0.271. The molecule has 0 saturated carbocycles. The van der Waals surface area contributed by atoms with Gasteiger partial charge in [-0.05, 0) is 57.2 Å². The van der Waals surface area contributed by atoms with E-state index in [1.807, 2.05) is 19.9 Å². The van der Waals surface area contributed by atoms with E-state index in [0.29, 0.717) is 28.8 Å². The average molecular weight is 382 g/mol. The van der Waals surface area contributed by atoms with Crippen molar-refractivity contribution in [3.63, 3.8) is 0 Å². The number of methoxy groups -OCH3 is 1. The molecule has 1 saturated heterocycles. The molecule has 0 aliphatic carbocycles. The van der Waals surface area contributed by atoms with Crippen molar-refractivity contribution >= 4 is 29.1 Å². The Labute approximate surface area is 160 Å². The molecule has 0 radical (unpaired) electrons. The van der Waals surface area contributed by atoms with Crippen LogP contribution in [0.1, 0.15) is 38.2 Å². The van der Waals surface area contributed by atoms with E-state index in [9.17, 15) is 9.59 Å². The molecule has 0 spiro atoms. The second kappa shape index (κ2) is 9.24. The minimum absolute atomic E-state index is 0.0828. The lowest BCUT2D eigenvalue weighted by Gasteiger charge is -2.36. The van der Waals surface area contributed by atoms with Crippen LogP contribution in [-0.4, -0.2) is 43.0 Å². The largest absolute Gasteiger partial charge is 0.495 e. The molecule has 2 amide bonds. The van der Waals surface area contributed by atoms with Crippen LogP contribution in [0.5, 0.6) is 5.75 Å². The Morgan fingerprint density at radius 3 is 2.85 bits per heavy atom. The highest BCUT2D eigenvalue weighted by atomic mass is 35.5. The number of anilines is 1. The third-order valence-corrected chi connectivity index (χ3v) is 5.42. The van der Waals surface area contributed by atoms with E-state index in [4.69, 9.17) is 22.1 Å². The number of primary amides is 1. The van der Waals surface area contributed by atoms with E-state index in [1.165, 1.54) is 0 Å². The quantitative estimate of drug-likeness (QED) is 0.760. The molecule has 6 nitrogen and oxygen atoms in total. The molecule has 1 aliphatic heterocycles. The van der Waals surface area contributed by atoms with Crippen molar-refractivity contribution in [2.24, 2.45) is 11.7 Å². The summed E-state index contributed by atoms with van der Waals surface area (Å²) in [6.45, 7) is 5.47. The molecule has 2 atom stereocenters. The van der Waals surface area contributed by atoms with Crippen molar-refractivity contribution in [1.29, 1.82) is 0 Å². The van der Waals surface area contributed by atoms with Crippen LogP contribution in [0.2, 0.25) is 5.02 Å². The molecule has 1 fully saturated rings. The van der Waals surface area contributed by atoms with Gasteiger partial charge in [0.05, 0.1) is 18.8 Å². The lowest BCUT2D eigenvalue weighted by molar-refractivity contribution is -0.122. The third kappa shape index (κ3) is 5.35. The molecule has 26 heavy (non-hydrogen) atoms. The second-order valence-electron chi connectivity index (χ2n) is 6.98. The van der Waals surface area contributed by atoms with Gasteiger partial charge in [-0.2, -0.15) is 0 Å². The summed E-state index contributed by atoms with van der Waals surface area (Å²) in [7, 11) is 1.55. The number of ether oxygens (including phenoxy) is 1. The van der Waals surface area contributed by atoms with Gasteiger partial charge >= 0.3 is 0 Å². The Balaban J connectivity index is 2.01. The van der Waals surface area contributed by atoms with Crippen LogP contribution in [0.15, 0.2) is 12.1 Å². The van der Waals surface area contributed by atoms with Crippen LogP contribution >= 0.6 is 11.6 Å². The molecule has 144 valence electrons. The fourth-order valence-corrected chi connectivity index (χ4v) is 3.52. The van der Waals surface area contributed by atoms with Gasteiger partial charge in [0, 0.05) is 24.1 Å². The van der Waals surface area contributed by atoms with Gasteiger partial charge in [-0.25, -0.2) is 0 Å². The van der Waals surface area contributed by atoms with Gasteiger partial charge in [0.25, 0.3) is 0 Å². The molecule has 0 bridgehead atoms. The summed E-state index contributed by atoms with van der Waals surface area (Å²) in [5.41, 5.74) is 6.74. The number of rotatable bonds is 7. The Bertz CT molecular complexity index is 666. The highest BCUT2D eigenvalue weighted by Gasteiger charge is 2.28. The number of carbonyl (C=O) groups is 2. The van der Waals surface area contributed by atoms with Crippen molar-refractivity contribution in [3.05, 3.63) is 22.7 Å². The SMILES string of the molecule is COc1cc(Cl)c(C)cc1NC(=O)C(C)N1CCCC(CCC(N)=O)C1. The van der Waals surface area contributed by atoms with Gasteiger partial charge in [-0.3, -0.25) is 14.5 Å². The topological polar surface area (TPSA) is 84.7 Å². The van der Waals surface area contributed by atoms with E-state index in [1.54, 1.807) is 13.2 Å². The number of nitrogens with one attached hydrogen (secondary N) is 1. The Morgan fingerprint density at radius 2 is 2.19 bits per heavy atom. The first kappa shape index (κ1) is 20.5. The Hall–Kier alpha value is -1.79. The first-order chi connectivity index (χ1) is 12.3. The molecule has 1 heterocycles. The molecule has 7 heteroatoms. The molecule has 1 aromatic carbocycles. The number of likely N-dealkylation sites (tertiary alicyclic amines) is 1. The Morgan fingerprint density at radius 1 is 1.46 bits per heavy atom. The minimum Gasteiger partial charge on any atom is -0.495 e. The summed E-state index contributed by atoms with van der Waals surface area (Å²) in [5.74, 6) is 0.594. The highest BCUT2D eigenvalue weighted by Crippen LogP contribution is 2.31. The van der Waals surface area contributed by atoms with Crippen LogP contribution in [-0.2, 0) is 9.59 Å².